The number of para-hydroxylation sites is 1. The van der Waals surface area contributed by atoms with E-state index in [-0.39, 0.29) is 51.9 Å². The van der Waals surface area contributed by atoms with Gasteiger partial charge in [-0.3, -0.25) is 19.2 Å². The van der Waals surface area contributed by atoms with Crippen molar-refractivity contribution in [2.75, 3.05) is 18.5 Å². The summed E-state index contributed by atoms with van der Waals surface area (Å²) in [5.74, 6) is -3.16. The fourth-order valence-electron chi connectivity index (χ4n) is 4.57. The highest BCUT2D eigenvalue weighted by molar-refractivity contribution is 6.31. The van der Waals surface area contributed by atoms with E-state index in [2.05, 4.69) is 5.32 Å². The number of Topliss-reactive ketones (excluding diaryl/α,β-unsaturated/α-hetero) is 2. The first kappa shape index (κ1) is 24.7. The fraction of sp³-hybridized carbons (Fsp3) is 0.259. The van der Waals surface area contributed by atoms with Crippen molar-refractivity contribution in [1.82, 2.24) is 5.32 Å². The number of nitrogens with one attached hydrogen (secondary N) is 1. The first-order valence-corrected chi connectivity index (χ1v) is 11.3. The molecule has 0 radical (unpaired) electrons. The number of hydrogen-bond acceptors (Lipinski definition) is 8. The van der Waals surface area contributed by atoms with Gasteiger partial charge in [-0.15, -0.1) is 0 Å². The second kappa shape index (κ2) is 8.67. The zero-order chi connectivity index (χ0) is 26.5. The van der Waals surface area contributed by atoms with Gasteiger partial charge in [0.2, 0.25) is 5.91 Å². The number of allylic oxidation sites excluding steroid dienone is 4. The van der Waals surface area contributed by atoms with Crippen molar-refractivity contribution in [1.29, 1.82) is 0 Å². The van der Waals surface area contributed by atoms with E-state index in [0.29, 0.717) is 5.69 Å². The van der Waals surface area contributed by atoms with Crippen molar-refractivity contribution in [3.05, 3.63) is 70.1 Å². The Balaban J connectivity index is 1.72. The van der Waals surface area contributed by atoms with Gasteiger partial charge in [0, 0.05) is 30.1 Å². The molecule has 3 N–H and O–H groups in total. The van der Waals surface area contributed by atoms with Crippen molar-refractivity contribution in [2.24, 2.45) is 0 Å². The average Bonchev–Trinajstić information content (AvgIpc) is 3.13. The molecule has 1 aliphatic heterocycles. The second-order valence-electron chi connectivity index (χ2n) is 9.03. The van der Waals surface area contributed by atoms with Crippen LogP contribution in [0, 0.1) is 6.92 Å². The molecule has 9 heteroatoms. The quantitative estimate of drug-likeness (QED) is 0.331. The lowest BCUT2D eigenvalue weighted by molar-refractivity contribution is -0.124. The van der Waals surface area contributed by atoms with Crippen LogP contribution in [0.15, 0.2) is 53.4 Å². The van der Waals surface area contributed by atoms with Crippen molar-refractivity contribution in [3.8, 4) is 17.2 Å². The number of carbonyl (C=O) groups is 4. The SMILES string of the molecule is CC(=O)c1c(O)c(C)c(O)c2c1OC1=CC(=O)/C(=C(/C)NCC(=O)N(C)c3ccccc3)C(=O)[C@@]12C. The Hall–Kier alpha value is -4.40. The Kier molecular flexibility index (Phi) is 5.95. The van der Waals surface area contributed by atoms with Crippen LogP contribution in [0.5, 0.6) is 17.2 Å². The number of rotatable bonds is 5. The predicted molar refractivity (Wildman–Crippen MR) is 131 cm³/mol. The largest absolute Gasteiger partial charge is 0.507 e. The van der Waals surface area contributed by atoms with Gasteiger partial charge in [-0.05, 0) is 39.8 Å². The summed E-state index contributed by atoms with van der Waals surface area (Å²) in [4.78, 5) is 53.1. The third-order valence-electron chi connectivity index (χ3n) is 6.78. The molecule has 0 spiro atoms. The lowest BCUT2D eigenvalue weighted by Gasteiger charge is -2.29. The molecule has 0 saturated carbocycles. The molecule has 2 aromatic rings. The van der Waals surface area contributed by atoms with Crippen molar-refractivity contribution in [3.63, 3.8) is 0 Å². The van der Waals surface area contributed by atoms with E-state index in [1.807, 2.05) is 6.07 Å². The van der Waals surface area contributed by atoms with Crippen LogP contribution in [0.4, 0.5) is 5.69 Å². The van der Waals surface area contributed by atoms with Gasteiger partial charge >= 0.3 is 0 Å². The second-order valence-corrected chi connectivity index (χ2v) is 9.03. The molecule has 0 bridgehead atoms. The third-order valence-corrected chi connectivity index (χ3v) is 6.78. The molecule has 0 fully saturated rings. The topological polar surface area (TPSA) is 133 Å². The summed E-state index contributed by atoms with van der Waals surface area (Å²) in [5, 5.41) is 24.2. The summed E-state index contributed by atoms with van der Waals surface area (Å²) in [5.41, 5.74) is -1.07. The molecule has 0 unspecified atom stereocenters. The molecule has 186 valence electrons. The number of phenols is 2. The summed E-state index contributed by atoms with van der Waals surface area (Å²) in [6.45, 7) is 5.47. The highest BCUT2D eigenvalue weighted by Gasteiger charge is 2.56. The van der Waals surface area contributed by atoms with Crippen molar-refractivity contribution in [2.45, 2.75) is 33.1 Å². The number of fused-ring (bicyclic) bond motifs is 3. The maximum absolute atomic E-state index is 13.8. The number of carbonyl (C=O) groups excluding carboxylic acids is 4. The van der Waals surface area contributed by atoms with Crippen LogP contribution in [-0.2, 0) is 19.8 Å². The minimum Gasteiger partial charge on any atom is -0.507 e. The van der Waals surface area contributed by atoms with Gasteiger partial charge in [0.15, 0.2) is 17.3 Å². The number of ketones is 3. The molecule has 0 aromatic heterocycles. The van der Waals surface area contributed by atoms with Gasteiger partial charge in [0.05, 0.1) is 17.7 Å². The van der Waals surface area contributed by atoms with Crippen LogP contribution in [-0.4, -0.2) is 47.1 Å². The summed E-state index contributed by atoms with van der Waals surface area (Å²) in [7, 11) is 1.62. The zero-order valence-corrected chi connectivity index (χ0v) is 20.6. The van der Waals surface area contributed by atoms with Gasteiger partial charge in [0.1, 0.15) is 34.0 Å². The summed E-state index contributed by atoms with van der Waals surface area (Å²) in [6, 6.07) is 9.01. The molecule has 1 aliphatic carbocycles. The van der Waals surface area contributed by atoms with E-state index in [0.717, 1.165) is 6.08 Å². The van der Waals surface area contributed by atoms with Gasteiger partial charge in [-0.2, -0.15) is 0 Å². The first-order chi connectivity index (χ1) is 16.9. The molecular formula is C27H26N2O7. The number of aromatic hydroxyl groups is 2. The Morgan fingerprint density at radius 2 is 1.72 bits per heavy atom. The van der Waals surface area contributed by atoms with E-state index >= 15 is 0 Å². The molecule has 2 aliphatic rings. The van der Waals surface area contributed by atoms with E-state index < -0.39 is 34.3 Å². The lowest BCUT2D eigenvalue weighted by Crippen LogP contribution is -2.42. The molecule has 1 atom stereocenters. The number of benzene rings is 2. The van der Waals surface area contributed by atoms with E-state index in [4.69, 9.17) is 4.74 Å². The number of amides is 1. The number of anilines is 1. The van der Waals surface area contributed by atoms with E-state index in [1.54, 1.807) is 31.3 Å². The highest BCUT2D eigenvalue weighted by atomic mass is 16.5. The van der Waals surface area contributed by atoms with Crippen molar-refractivity contribution < 1.29 is 34.1 Å². The van der Waals surface area contributed by atoms with Crippen LogP contribution in [0.25, 0.3) is 0 Å². The van der Waals surface area contributed by atoms with E-state index in [9.17, 15) is 29.4 Å². The molecule has 1 amide bonds. The summed E-state index contributed by atoms with van der Waals surface area (Å²) < 4.78 is 5.75. The number of ether oxygens (including phenoxy) is 1. The first-order valence-electron chi connectivity index (χ1n) is 11.3. The van der Waals surface area contributed by atoms with Crippen LogP contribution in [0.3, 0.4) is 0 Å². The number of nitrogens with zero attached hydrogens (tertiary/aromatic N) is 1. The Labute approximate surface area is 207 Å². The van der Waals surface area contributed by atoms with Crippen LogP contribution in [0.2, 0.25) is 0 Å². The van der Waals surface area contributed by atoms with Crippen LogP contribution >= 0.6 is 0 Å². The molecule has 4 rings (SSSR count). The Bertz CT molecular complexity index is 1410. The maximum atomic E-state index is 13.8. The summed E-state index contributed by atoms with van der Waals surface area (Å²) in [6.07, 6.45) is 1.13. The number of likely N-dealkylation sites (N-methyl/N-ethyl adjacent to an activating group) is 1. The van der Waals surface area contributed by atoms with Gasteiger partial charge < -0.3 is 25.2 Å². The van der Waals surface area contributed by atoms with Crippen LogP contribution < -0.4 is 15.0 Å². The minimum absolute atomic E-state index is 0.0111. The zero-order valence-electron chi connectivity index (χ0n) is 20.6. The molecule has 2 aromatic carbocycles. The standard InChI is InChI=1S/C27H26N2O7/c1-13-23(33)21(15(3)30)25-22(24(13)34)27(4)18(36-25)11-17(31)20(26(27)35)14(2)28-12-19(32)29(5)16-9-7-6-8-10-16/h6-11,28,33-34H,12H2,1-5H3/b20-14+/t27-/m0/s1. The normalized spacial score (nSPS) is 19.6. The Morgan fingerprint density at radius 1 is 1.08 bits per heavy atom. The maximum Gasteiger partial charge on any atom is 0.246 e. The van der Waals surface area contributed by atoms with Crippen LogP contribution in [0.1, 0.15) is 42.3 Å². The fourth-order valence-corrected chi connectivity index (χ4v) is 4.57. The van der Waals surface area contributed by atoms with E-state index in [1.165, 1.54) is 32.6 Å². The van der Waals surface area contributed by atoms with Gasteiger partial charge in [-0.25, -0.2) is 0 Å². The average molecular weight is 491 g/mol. The predicted octanol–water partition coefficient (Wildman–Crippen LogP) is 2.82. The summed E-state index contributed by atoms with van der Waals surface area (Å²) >= 11 is 0. The number of phenolic OH excluding ortho intramolecular Hbond substituents is 2. The highest BCUT2D eigenvalue weighted by Crippen LogP contribution is 2.57. The smallest absolute Gasteiger partial charge is 0.246 e. The molecule has 1 heterocycles. The lowest BCUT2D eigenvalue weighted by atomic mass is 9.70. The molecule has 9 nitrogen and oxygen atoms in total. The monoisotopic (exact) mass is 490 g/mol. The molecular weight excluding hydrogens is 464 g/mol. The van der Waals surface area contributed by atoms with Gasteiger partial charge in [-0.1, -0.05) is 18.2 Å². The minimum atomic E-state index is -1.61. The number of hydrogen-bond donors (Lipinski definition) is 3. The van der Waals surface area contributed by atoms with Crippen molar-refractivity contribution >= 4 is 28.9 Å². The van der Waals surface area contributed by atoms with Gasteiger partial charge in [0.25, 0.3) is 0 Å². The Morgan fingerprint density at radius 3 is 2.33 bits per heavy atom. The molecule has 0 saturated heterocycles. The third kappa shape index (κ3) is 3.55. The molecule has 36 heavy (non-hydrogen) atoms.